The van der Waals surface area contributed by atoms with Gasteiger partial charge in [0, 0.05) is 6.42 Å². The van der Waals surface area contributed by atoms with Crippen molar-refractivity contribution in [2.24, 2.45) is 0 Å². The van der Waals surface area contributed by atoms with E-state index in [0.29, 0.717) is 0 Å². The quantitative estimate of drug-likeness (QED) is 0.524. The molecule has 0 N–H and O–H groups in total. The maximum atomic E-state index is 13.0. The van der Waals surface area contributed by atoms with E-state index in [0.717, 1.165) is 0 Å². The predicted molar refractivity (Wildman–Crippen MR) is 50.2 cm³/mol. The van der Waals surface area contributed by atoms with Crippen LogP contribution in [0.3, 0.4) is 0 Å². The van der Waals surface area contributed by atoms with Gasteiger partial charge in [-0.2, -0.15) is 52.7 Å². The van der Waals surface area contributed by atoms with Gasteiger partial charge in [0.05, 0.1) is 0 Å². The van der Waals surface area contributed by atoms with Crippen LogP contribution < -0.4 is 0 Å². The number of hydrogen-bond donors (Lipinski definition) is 0. The fourth-order valence-corrected chi connectivity index (χ4v) is 1.24. The van der Waals surface area contributed by atoms with Crippen LogP contribution in [0.4, 0.5) is 57.1 Å². The summed E-state index contributed by atoms with van der Waals surface area (Å²) < 4.78 is 167. The van der Waals surface area contributed by atoms with E-state index in [-0.39, 0.29) is 0 Å². The molecule has 0 aliphatic heterocycles. The maximum Gasteiger partial charge on any atom is 0.384 e. The molecule has 1 atom stereocenters. The van der Waals surface area contributed by atoms with Crippen molar-refractivity contribution < 1.29 is 57.1 Å². The molecule has 0 saturated heterocycles. The van der Waals surface area contributed by atoms with Gasteiger partial charge in [-0.15, -0.1) is 0 Å². The summed E-state index contributed by atoms with van der Waals surface area (Å²) in [5, 5.41) is 0. The summed E-state index contributed by atoms with van der Waals surface area (Å²) in [5.74, 6) is -42.5. The molecule has 0 aliphatic rings. The first kappa shape index (κ1) is 22.1. The van der Waals surface area contributed by atoms with Crippen LogP contribution in [0, 0.1) is 6.92 Å². The van der Waals surface area contributed by atoms with E-state index in [4.69, 9.17) is 0 Å². The lowest BCUT2D eigenvalue weighted by atomic mass is 9.89. The summed E-state index contributed by atoms with van der Waals surface area (Å²) in [5.41, 5.74) is 0. The monoisotopic (exact) mass is 375 g/mol. The van der Waals surface area contributed by atoms with Gasteiger partial charge in [-0.3, -0.25) is 0 Å². The largest absolute Gasteiger partial charge is 0.384 e. The maximum absolute atomic E-state index is 13.0. The molecule has 0 aliphatic carbocycles. The molecule has 13 heteroatoms. The number of hydrogen-bond acceptors (Lipinski definition) is 0. The van der Waals surface area contributed by atoms with Crippen molar-refractivity contribution in [2.45, 2.75) is 55.1 Å². The number of rotatable bonds is 7. The molecule has 0 bridgehead atoms. The molecule has 0 saturated carbocycles. The molecule has 1 radical (unpaired) electrons. The summed E-state index contributed by atoms with van der Waals surface area (Å²) in [4.78, 5) is 0. The van der Waals surface area contributed by atoms with Crippen LogP contribution in [-0.2, 0) is 0 Å². The Morgan fingerprint density at radius 2 is 0.957 bits per heavy atom. The fourth-order valence-electron chi connectivity index (χ4n) is 1.24. The highest BCUT2D eigenvalue weighted by atomic mass is 19.4. The smallest absolute Gasteiger partial charge is 0.241 e. The minimum Gasteiger partial charge on any atom is -0.241 e. The van der Waals surface area contributed by atoms with Crippen molar-refractivity contribution in [1.82, 2.24) is 0 Å². The normalized spacial score (nSPS) is 17.3. The van der Waals surface area contributed by atoms with Crippen LogP contribution in [0.2, 0.25) is 0 Å². The second-order valence-corrected chi connectivity index (χ2v) is 4.49. The van der Waals surface area contributed by atoms with Crippen molar-refractivity contribution in [1.29, 1.82) is 0 Å². The fraction of sp³-hybridized carbons (Fsp3) is 0.900. The molecule has 139 valence electrons. The average molecular weight is 375 g/mol. The Labute approximate surface area is 120 Å². The Morgan fingerprint density at radius 1 is 0.652 bits per heavy atom. The van der Waals surface area contributed by atoms with Crippen LogP contribution in [0.5, 0.6) is 0 Å². The molecule has 0 nitrogen and oxygen atoms in total. The van der Waals surface area contributed by atoms with Gasteiger partial charge in [0.2, 0.25) is 0 Å². The third-order valence-corrected chi connectivity index (χ3v) is 2.87. The molecule has 0 heterocycles. The average Bonchev–Trinajstić information content (AvgIpc) is 2.37. The van der Waals surface area contributed by atoms with Gasteiger partial charge in [0.15, 0.2) is 6.17 Å². The van der Waals surface area contributed by atoms with Crippen LogP contribution in [-0.4, -0.2) is 41.7 Å². The lowest BCUT2D eigenvalue weighted by molar-refractivity contribution is -0.428. The van der Waals surface area contributed by atoms with Gasteiger partial charge in [0.1, 0.15) is 0 Å². The molecular formula is C10H8F13. The van der Waals surface area contributed by atoms with E-state index in [9.17, 15) is 57.1 Å². The molecular weight excluding hydrogens is 367 g/mol. The molecule has 0 aromatic carbocycles. The molecule has 0 spiro atoms. The Balaban J connectivity index is 6.29. The summed E-state index contributed by atoms with van der Waals surface area (Å²) in [7, 11) is 0. The number of halogens is 13. The van der Waals surface area contributed by atoms with E-state index in [1.165, 1.54) is 0 Å². The second-order valence-electron chi connectivity index (χ2n) is 4.49. The second kappa shape index (κ2) is 5.57. The molecule has 0 rings (SSSR count). The van der Waals surface area contributed by atoms with E-state index >= 15 is 0 Å². The Morgan fingerprint density at radius 3 is 1.22 bits per heavy atom. The van der Waals surface area contributed by atoms with Crippen molar-refractivity contribution in [3.8, 4) is 0 Å². The topological polar surface area (TPSA) is 0 Å². The van der Waals surface area contributed by atoms with Crippen molar-refractivity contribution in [3.05, 3.63) is 6.92 Å². The van der Waals surface area contributed by atoms with Gasteiger partial charge in [0.25, 0.3) is 0 Å². The standard InChI is InChI=1S/C10H8F13/c1-3-5(12,13)7(16,17)9(20,21)10(22,23)8(18,19)6(14,15)4(2)11/h4H,1,3H2,2H3. The third kappa shape index (κ3) is 2.73. The van der Waals surface area contributed by atoms with Crippen LogP contribution in [0.1, 0.15) is 13.3 Å². The minimum atomic E-state index is -7.72. The summed E-state index contributed by atoms with van der Waals surface area (Å²) in [6.07, 6.45) is -6.62. The van der Waals surface area contributed by atoms with Crippen LogP contribution in [0.15, 0.2) is 0 Å². The van der Waals surface area contributed by atoms with Gasteiger partial charge >= 0.3 is 35.5 Å². The van der Waals surface area contributed by atoms with Gasteiger partial charge in [-0.05, 0) is 13.8 Å². The molecule has 0 aromatic rings. The Hall–Kier alpha value is -0.910. The lowest BCUT2D eigenvalue weighted by Crippen LogP contribution is -2.71. The first-order valence-electron chi connectivity index (χ1n) is 5.46. The summed E-state index contributed by atoms with van der Waals surface area (Å²) in [6, 6.07) is 0. The van der Waals surface area contributed by atoms with Gasteiger partial charge in [-0.25, -0.2) is 4.39 Å². The van der Waals surface area contributed by atoms with E-state index in [1.54, 1.807) is 0 Å². The highest BCUT2D eigenvalue weighted by molar-refractivity contribution is 5.12. The highest BCUT2D eigenvalue weighted by Gasteiger charge is 2.90. The molecule has 23 heavy (non-hydrogen) atoms. The van der Waals surface area contributed by atoms with E-state index in [1.807, 2.05) is 0 Å². The Kier molecular flexibility index (Phi) is 5.35. The summed E-state index contributed by atoms with van der Waals surface area (Å²) in [6.45, 7) is 1.61. The SMILES string of the molecule is [CH2]CC(F)(F)C(F)(F)C(F)(F)C(F)(F)C(F)(F)C(F)(F)C(C)F. The predicted octanol–water partition coefficient (Wildman–Crippen LogP) is 5.38. The lowest BCUT2D eigenvalue weighted by Gasteiger charge is -2.41. The molecule has 0 amide bonds. The van der Waals surface area contributed by atoms with Gasteiger partial charge < -0.3 is 0 Å². The number of alkyl halides is 13. The minimum absolute atomic E-state index is 0.440. The zero-order valence-electron chi connectivity index (χ0n) is 10.9. The summed E-state index contributed by atoms with van der Waals surface area (Å²) >= 11 is 0. The first-order valence-corrected chi connectivity index (χ1v) is 5.46. The van der Waals surface area contributed by atoms with E-state index in [2.05, 4.69) is 6.92 Å². The van der Waals surface area contributed by atoms with Crippen molar-refractivity contribution in [2.75, 3.05) is 0 Å². The van der Waals surface area contributed by atoms with Gasteiger partial charge in [-0.1, -0.05) is 0 Å². The van der Waals surface area contributed by atoms with E-state index < -0.39 is 55.1 Å². The van der Waals surface area contributed by atoms with Crippen molar-refractivity contribution in [3.63, 3.8) is 0 Å². The first-order chi connectivity index (χ1) is 9.75. The van der Waals surface area contributed by atoms with Crippen LogP contribution >= 0.6 is 0 Å². The highest BCUT2D eigenvalue weighted by Crippen LogP contribution is 2.60. The zero-order chi connectivity index (χ0) is 19.3. The zero-order valence-corrected chi connectivity index (χ0v) is 10.9. The van der Waals surface area contributed by atoms with Crippen molar-refractivity contribution >= 4 is 0 Å². The molecule has 0 fully saturated rings. The Bertz CT molecular complexity index is 422. The molecule has 0 aromatic heterocycles. The molecule has 1 unspecified atom stereocenters. The third-order valence-electron chi connectivity index (χ3n) is 2.87. The van der Waals surface area contributed by atoms with Crippen LogP contribution in [0.25, 0.3) is 0 Å².